The second-order valence-electron chi connectivity index (χ2n) is 7.48. The fourth-order valence-corrected chi connectivity index (χ4v) is 2.87. The number of carboxylic acid groups (broad SMARTS) is 1. The average molecular weight is 452 g/mol. The second kappa shape index (κ2) is 10.7. The van der Waals surface area contributed by atoms with Crippen LogP contribution >= 0.6 is 0 Å². The molecule has 0 fully saturated rings. The summed E-state index contributed by atoms with van der Waals surface area (Å²) in [6.07, 6.45) is -0.719. The van der Waals surface area contributed by atoms with Crippen molar-refractivity contribution in [1.29, 1.82) is 0 Å². The summed E-state index contributed by atoms with van der Waals surface area (Å²) in [5, 5.41) is 10.4. The van der Waals surface area contributed by atoms with Gasteiger partial charge in [0.2, 0.25) is 5.91 Å². The molecule has 0 aliphatic carbocycles. The molecule has 1 aromatic carbocycles. The van der Waals surface area contributed by atoms with E-state index in [0.717, 1.165) is 23.3 Å². The van der Waals surface area contributed by atoms with Gasteiger partial charge in [-0.1, -0.05) is 26.0 Å². The molecule has 0 spiro atoms. The van der Waals surface area contributed by atoms with Crippen molar-refractivity contribution < 1.29 is 32.7 Å². The molecule has 32 heavy (non-hydrogen) atoms. The van der Waals surface area contributed by atoms with Gasteiger partial charge < -0.3 is 5.11 Å². The van der Waals surface area contributed by atoms with E-state index in [1.165, 1.54) is 24.5 Å². The van der Waals surface area contributed by atoms with Crippen LogP contribution in [0, 0.1) is 5.92 Å². The van der Waals surface area contributed by atoms with Crippen LogP contribution in [0.15, 0.2) is 42.9 Å². The summed E-state index contributed by atoms with van der Waals surface area (Å²) in [4.78, 5) is 44.8. The topological polar surface area (TPSA) is 112 Å². The van der Waals surface area contributed by atoms with Gasteiger partial charge in [0.25, 0.3) is 5.91 Å². The largest absolute Gasteiger partial charge is 0.480 e. The molecule has 1 heterocycles. The fourth-order valence-electron chi connectivity index (χ4n) is 2.87. The Balaban J connectivity index is 2.14. The SMILES string of the molecule is CC(C)C[C@@H](C(=O)O)N(NC(=O)CCc1ccc(C(F)(F)F)cc1)C(=O)c1cnccn1. The Morgan fingerprint density at radius 3 is 2.28 bits per heavy atom. The Kier molecular flexibility index (Phi) is 8.27. The average Bonchev–Trinajstić information content (AvgIpc) is 2.74. The number of benzene rings is 1. The highest BCUT2D eigenvalue weighted by atomic mass is 19.4. The number of halogens is 3. The number of carbonyl (C=O) groups is 3. The molecule has 0 saturated heterocycles. The van der Waals surface area contributed by atoms with E-state index in [1.807, 2.05) is 0 Å². The first-order valence-electron chi connectivity index (χ1n) is 9.77. The van der Waals surface area contributed by atoms with E-state index in [2.05, 4.69) is 15.4 Å². The summed E-state index contributed by atoms with van der Waals surface area (Å²) in [5.74, 6) is -2.91. The number of alkyl halides is 3. The molecule has 2 N–H and O–H groups in total. The number of carboxylic acids is 1. The van der Waals surface area contributed by atoms with E-state index in [4.69, 9.17) is 0 Å². The molecule has 2 rings (SSSR count). The number of aryl methyl sites for hydroxylation is 1. The summed E-state index contributed by atoms with van der Waals surface area (Å²) in [5.41, 5.74) is 1.86. The van der Waals surface area contributed by atoms with Gasteiger partial charge in [-0.25, -0.2) is 14.8 Å². The van der Waals surface area contributed by atoms with E-state index in [9.17, 15) is 32.7 Å². The first kappa shape index (κ1) is 24.8. The standard InChI is InChI=1S/C21H23F3N4O4/c1-13(2)11-17(20(31)32)28(19(30)16-12-25-9-10-26-16)27-18(29)8-5-14-3-6-15(7-4-14)21(22,23)24/h3-4,6-7,9-10,12-13,17H,5,8,11H2,1-2H3,(H,27,29)(H,31,32)/t17-/m0/s1. The van der Waals surface area contributed by atoms with Gasteiger partial charge >= 0.3 is 12.1 Å². The van der Waals surface area contributed by atoms with Gasteiger partial charge in [0, 0.05) is 18.8 Å². The summed E-state index contributed by atoms with van der Waals surface area (Å²) in [7, 11) is 0. The molecule has 0 aliphatic rings. The van der Waals surface area contributed by atoms with Gasteiger partial charge in [0.05, 0.1) is 11.8 Å². The van der Waals surface area contributed by atoms with Crippen LogP contribution in [0.2, 0.25) is 0 Å². The smallest absolute Gasteiger partial charge is 0.416 e. The Hall–Kier alpha value is -3.50. The highest BCUT2D eigenvalue weighted by molar-refractivity contribution is 5.96. The summed E-state index contributed by atoms with van der Waals surface area (Å²) >= 11 is 0. The molecule has 0 unspecified atom stereocenters. The number of hydrazine groups is 1. The summed E-state index contributed by atoms with van der Waals surface area (Å²) < 4.78 is 38.0. The Labute approximate surface area is 182 Å². The van der Waals surface area contributed by atoms with Crippen molar-refractivity contribution >= 4 is 17.8 Å². The monoisotopic (exact) mass is 452 g/mol. The third-order valence-electron chi connectivity index (χ3n) is 4.46. The molecule has 0 aliphatic heterocycles. The van der Waals surface area contributed by atoms with Crippen LogP contribution in [0.4, 0.5) is 13.2 Å². The zero-order valence-corrected chi connectivity index (χ0v) is 17.5. The van der Waals surface area contributed by atoms with Crippen LogP contribution in [0.5, 0.6) is 0 Å². The highest BCUT2D eigenvalue weighted by Crippen LogP contribution is 2.29. The molecular formula is C21H23F3N4O4. The molecule has 0 radical (unpaired) electrons. The highest BCUT2D eigenvalue weighted by Gasteiger charge is 2.33. The van der Waals surface area contributed by atoms with Gasteiger partial charge in [-0.15, -0.1) is 0 Å². The number of hydrogen-bond acceptors (Lipinski definition) is 5. The van der Waals surface area contributed by atoms with E-state index >= 15 is 0 Å². The van der Waals surface area contributed by atoms with Crippen LogP contribution in [0.3, 0.4) is 0 Å². The normalized spacial score (nSPS) is 12.3. The van der Waals surface area contributed by atoms with Crippen LogP contribution in [0.25, 0.3) is 0 Å². The number of nitrogens with one attached hydrogen (secondary N) is 1. The minimum atomic E-state index is -4.46. The zero-order chi connectivity index (χ0) is 23.9. The van der Waals surface area contributed by atoms with Crippen molar-refractivity contribution in [3.8, 4) is 0 Å². The van der Waals surface area contributed by atoms with Crippen LogP contribution in [-0.2, 0) is 22.2 Å². The molecule has 1 aromatic heterocycles. The molecule has 1 atom stereocenters. The summed E-state index contributed by atoms with van der Waals surface area (Å²) in [6.45, 7) is 3.54. The number of amides is 2. The third-order valence-corrected chi connectivity index (χ3v) is 4.46. The number of rotatable bonds is 8. The number of aromatic nitrogens is 2. The Bertz CT molecular complexity index is 934. The molecule has 8 nitrogen and oxygen atoms in total. The molecular weight excluding hydrogens is 429 g/mol. The van der Waals surface area contributed by atoms with E-state index < -0.39 is 35.6 Å². The fraction of sp³-hybridized carbons (Fsp3) is 0.381. The quantitative estimate of drug-likeness (QED) is 0.596. The van der Waals surface area contributed by atoms with Crippen molar-refractivity contribution in [3.63, 3.8) is 0 Å². The first-order valence-corrected chi connectivity index (χ1v) is 9.77. The summed E-state index contributed by atoms with van der Waals surface area (Å²) in [6, 6.07) is 3.01. The molecule has 172 valence electrons. The lowest BCUT2D eigenvalue weighted by Crippen LogP contribution is -2.55. The van der Waals surface area contributed by atoms with Crippen molar-refractivity contribution in [3.05, 3.63) is 59.7 Å². The van der Waals surface area contributed by atoms with Gasteiger partial charge in [0.15, 0.2) is 6.04 Å². The predicted molar refractivity (Wildman–Crippen MR) is 107 cm³/mol. The molecule has 2 amide bonds. The maximum absolute atomic E-state index is 12.9. The number of nitrogens with zero attached hydrogens (tertiary/aromatic N) is 3. The molecule has 11 heteroatoms. The maximum Gasteiger partial charge on any atom is 0.416 e. The van der Waals surface area contributed by atoms with Crippen molar-refractivity contribution in [2.75, 3.05) is 0 Å². The van der Waals surface area contributed by atoms with Gasteiger partial charge in [0.1, 0.15) is 5.69 Å². The van der Waals surface area contributed by atoms with Crippen LogP contribution in [0.1, 0.15) is 48.3 Å². The molecule has 2 aromatic rings. The minimum absolute atomic E-state index is 0.0700. The predicted octanol–water partition coefficient (Wildman–Crippen LogP) is 3.10. The lowest BCUT2D eigenvalue weighted by atomic mass is 10.0. The first-order chi connectivity index (χ1) is 15.0. The van der Waals surface area contributed by atoms with Gasteiger partial charge in [-0.3, -0.25) is 20.0 Å². The zero-order valence-electron chi connectivity index (χ0n) is 17.5. The molecule has 0 saturated carbocycles. The molecule has 0 bridgehead atoms. The lowest BCUT2D eigenvalue weighted by molar-refractivity contribution is -0.145. The van der Waals surface area contributed by atoms with Crippen molar-refractivity contribution in [1.82, 2.24) is 20.4 Å². The van der Waals surface area contributed by atoms with E-state index in [1.54, 1.807) is 13.8 Å². The Morgan fingerprint density at radius 2 is 1.78 bits per heavy atom. The Morgan fingerprint density at radius 1 is 1.12 bits per heavy atom. The third kappa shape index (κ3) is 7.03. The minimum Gasteiger partial charge on any atom is -0.480 e. The van der Waals surface area contributed by atoms with Crippen LogP contribution in [-0.4, -0.2) is 43.9 Å². The van der Waals surface area contributed by atoms with Crippen LogP contribution < -0.4 is 5.43 Å². The number of carbonyl (C=O) groups excluding carboxylic acids is 2. The van der Waals surface area contributed by atoms with Gasteiger partial charge in [-0.05, 0) is 36.5 Å². The van der Waals surface area contributed by atoms with Gasteiger partial charge in [-0.2, -0.15) is 13.2 Å². The number of aliphatic carboxylic acids is 1. The number of hydrogen-bond donors (Lipinski definition) is 2. The van der Waals surface area contributed by atoms with Crippen molar-refractivity contribution in [2.24, 2.45) is 5.92 Å². The van der Waals surface area contributed by atoms with Crippen molar-refractivity contribution in [2.45, 2.75) is 45.3 Å². The lowest BCUT2D eigenvalue weighted by Gasteiger charge is -2.29. The second-order valence-corrected chi connectivity index (χ2v) is 7.48. The van der Waals surface area contributed by atoms with E-state index in [0.29, 0.717) is 5.56 Å². The van der Waals surface area contributed by atoms with E-state index in [-0.39, 0.29) is 30.9 Å². The maximum atomic E-state index is 12.9.